The van der Waals surface area contributed by atoms with Gasteiger partial charge in [-0.2, -0.15) is 11.8 Å². The van der Waals surface area contributed by atoms with Crippen LogP contribution in [0.3, 0.4) is 0 Å². The first kappa shape index (κ1) is 13.0. The van der Waals surface area contributed by atoms with Crippen molar-refractivity contribution in [3.63, 3.8) is 0 Å². The molecule has 1 aliphatic rings. The molecule has 94 valence electrons. The van der Waals surface area contributed by atoms with Crippen LogP contribution in [0.1, 0.15) is 50.4 Å². The Morgan fingerprint density at radius 3 is 2.76 bits per heavy atom. The fourth-order valence-electron chi connectivity index (χ4n) is 2.31. The molecule has 2 heteroatoms. The molecule has 0 saturated heterocycles. The summed E-state index contributed by atoms with van der Waals surface area (Å²) in [6.45, 7) is 10.1. The summed E-state index contributed by atoms with van der Waals surface area (Å²) in [7, 11) is 0. The van der Waals surface area contributed by atoms with Crippen LogP contribution in [0.25, 0.3) is 0 Å². The molecule has 2 rings (SSSR count). The minimum atomic E-state index is 0.246. The Hall–Kier alpha value is -0.470. The highest BCUT2D eigenvalue weighted by atomic mass is 32.2. The van der Waals surface area contributed by atoms with Crippen LogP contribution in [0.2, 0.25) is 0 Å². The summed E-state index contributed by atoms with van der Waals surface area (Å²) in [6, 6.07) is 7.58. The van der Waals surface area contributed by atoms with E-state index < -0.39 is 0 Å². The number of hydrogen-bond donors (Lipinski definition) is 1. The van der Waals surface area contributed by atoms with E-state index in [1.807, 2.05) is 11.8 Å². The second-order valence-corrected chi connectivity index (χ2v) is 6.82. The highest BCUT2D eigenvalue weighted by Gasteiger charge is 2.22. The minimum Gasteiger partial charge on any atom is -0.309 e. The normalized spacial score (nSPS) is 20.1. The highest BCUT2D eigenvalue weighted by Crippen LogP contribution is 2.34. The van der Waals surface area contributed by atoms with Crippen LogP contribution in [0.5, 0.6) is 0 Å². The average molecular weight is 249 g/mol. The number of rotatable bonds is 2. The molecule has 0 fully saturated rings. The zero-order chi connectivity index (χ0) is 12.5. The van der Waals surface area contributed by atoms with E-state index in [0.717, 1.165) is 6.54 Å². The van der Waals surface area contributed by atoms with Gasteiger partial charge in [0.05, 0.1) is 0 Å². The van der Waals surface area contributed by atoms with E-state index in [2.05, 4.69) is 51.2 Å². The third-order valence-corrected chi connectivity index (χ3v) is 4.46. The lowest BCUT2D eigenvalue weighted by molar-refractivity contribution is 0.574. The number of benzene rings is 1. The molecule has 17 heavy (non-hydrogen) atoms. The van der Waals surface area contributed by atoms with Gasteiger partial charge in [0.1, 0.15) is 0 Å². The Morgan fingerprint density at radius 1 is 1.35 bits per heavy atom. The van der Waals surface area contributed by atoms with Gasteiger partial charge in [-0.1, -0.05) is 45.9 Å². The van der Waals surface area contributed by atoms with Crippen molar-refractivity contribution in [2.24, 2.45) is 0 Å². The van der Waals surface area contributed by atoms with E-state index in [-0.39, 0.29) is 5.41 Å². The molecule has 1 atom stereocenters. The maximum absolute atomic E-state index is 3.60. The molecule has 0 amide bonds. The smallest absolute Gasteiger partial charge is 0.0415 e. The first-order chi connectivity index (χ1) is 8.02. The molecule has 1 unspecified atom stereocenters. The Labute approximate surface area is 109 Å². The van der Waals surface area contributed by atoms with Crippen LogP contribution in [-0.2, 0) is 11.2 Å². The summed E-state index contributed by atoms with van der Waals surface area (Å²) in [5.74, 6) is 2.37. The molecular weight excluding hydrogens is 226 g/mol. The van der Waals surface area contributed by atoms with Gasteiger partial charge in [-0.15, -0.1) is 0 Å². The van der Waals surface area contributed by atoms with Gasteiger partial charge in [0, 0.05) is 17.5 Å². The Balaban J connectivity index is 2.37. The lowest BCUT2D eigenvalue weighted by Gasteiger charge is -2.29. The van der Waals surface area contributed by atoms with Gasteiger partial charge in [0.25, 0.3) is 0 Å². The molecule has 1 aliphatic heterocycles. The van der Waals surface area contributed by atoms with E-state index in [1.54, 1.807) is 0 Å². The van der Waals surface area contributed by atoms with Gasteiger partial charge in [-0.3, -0.25) is 0 Å². The third kappa shape index (κ3) is 2.86. The van der Waals surface area contributed by atoms with Crippen molar-refractivity contribution in [2.75, 3.05) is 12.3 Å². The largest absolute Gasteiger partial charge is 0.309 e. The summed E-state index contributed by atoms with van der Waals surface area (Å²) in [5.41, 5.74) is 4.74. The van der Waals surface area contributed by atoms with Gasteiger partial charge in [-0.05, 0) is 28.7 Å². The molecule has 0 saturated carbocycles. The second kappa shape index (κ2) is 5.03. The average Bonchev–Trinajstić information content (AvgIpc) is 2.28. The van der Waals surface area contributed by atoms with Crippen molar-refractivity contribution in [3.8, 4) is 0 Å². The summed E-state index contributed by atoms with van der Waals surface area (Å²) in [5, 5.41) is 3.60. The van der Waals surface area contributed by atoms with Crippen LogP contribution < -0.4 is 5.32 Å². The SMILES string of the molecule is CCNC1CSCc2ccc(C(C)(C)C)cc21. The van der Waals surface area contributed by atoms with Crippen molar-refractivity contribution in [3.05, 3.63) is 34.9 Å². The van der Waals surface area contributed by atoms with Crippen molar-refractivity contribution < 1.29 is 0 Å². The zero-order valence-electron chi connectivity index (χ0n) is 11.3. The summed E-state index contributed by atoms with van der Waals surface area (Å²) < 4.78 is 0. The van der Waals surface area contributed by atoms with Crippen LogP contribution >= 0.6 is 11.8 Å². The maximum atomic E-state index is 3.60. The van der Waals surface area contributed by atoms with Crippen molar-refractivity contribution >= 4 is 11.8 Å². The topological polar surface area (TPSA) is 12.0 Å². The van der Waals surface area contributed by atoms with E-state index >= 15 is 0 Å². The van der Waals surface area contributed by atoms with Gasteiger partial charge >= 0.3 is 0 Å². The van der Waals surface area contributed by atoms with E-state index in [0.29, 0.717) is 6.04 Å². The summed E-state index contributed by atoms with van der Waals surface area (Å²) in [6.07, 6.45) is 0. The molecule has 0 bridgehead atoms. The number of nitrogens with one attached hydrogen (secondary N) is 1. The standard InChI is InChI=1S/C15H23NS/c1-5-16-14-10-17-9-11-6-7-12(8-13(11)14)15(2,3)4/h6-8,14,16H,5,9-10H2,1-4H3. The number of thioether (sulfide) groups is 1. The van der Waals surface area contributed by atoms with Crippen molar-refractivity contribution in [1.29, 1.82) is 0 Å². The summed E-state index contributed by atoms with van der Waals surface area (Å²) >= 11 is 2.04. The van der Waals surface area contributed by atoms with Crippen molar-refractivity contribution in [2.45, 2.75) is 44.9 Å². The quantitative estimate of drug-likeness (QED) is 0.853. The predicted molar refractivity (Wildman–Crippen MR) is 77.7 cm³/mol. The third-order valence-electron chi connectivity index (χ3n) is 3.38. The second-order valence-electron chi connectivity index (χ2n) is 5.79. The number of hydrogen-bond acceptors (Lipinski definition) is 2. The van der Waals surface area contributed by atoms with Crippen LogP contribution in [0.15, 0.2) is 18.2 Å². The van der Waals surface area contributed by atoms with Gasteiger partial charge in [0.15, 0.2) is 0 Å². The van der Waals surface area contributed by atoms with E-state index in [4.69, 9.17) is 0 Å². The van der Waals surface area contributed by atoms with E-state index in [1.165, 1.54) is 28.2 Å². The van der Waals surface area contributed by atoms with E-state index in [9.17, 15) is 0 Å². The Bertz CT molecular complexity index is 392. The zero-order valence-corrected chi connectivity index (χ0v) is 12.2. The molecule has 1 N–H and O–H groups in total. The first-order valence-electron chi connectivity index (χ1n) is 6.47. The van der Waals surface area contributed by atoms with Gasteiger partial charge in [-0.25, -0.2) is 0 Å². The van der Waals surface area contributed by atoms with Crippen LogP contribution in [0.4, 0.5) is 0 Å². The number of fused-ring (bicyclic) bond motifs is 1. The lowest BCUT2D eigenvalue weighted by atomic mass is 9.84. The molecule has 0 radical (unpaired) electrons. The first-order valence-corrected chi connectivity index (χ1v) is 7.62. The molecule has 1 aromatic carbocycles. The maximum Gasteiger partial charge on any atom is 0.0415 e. The van der Waals surface area contributed by atoms with Crippen LogP contribution in [-0.4, -0.2) is 12.3 Å². The molecule has 0 aromatic heterocycles. The lowest BCUT2D eigenvalue weighted by Crippen LogP contribution is -2.27. The highest BCUT2D eigenvalue weighted by molar-refractivity contribution is 7.98. The molecule has 1 heterocycles. The monoisotopic (exact) mass is 249 g/mol. The Morgan fingerprint density at radius 2 is 2.12 bits per heavy atom. The van der Waals surface area contributed by atoms with Gasteiger partial charge < -0.3 is 5.32 Å². The fraction of sp³-hybridized carbons (Fsp3) is 0.600. The fourth-order valence-corrected chi connectivity index (χ4v) is 3.44. The molecule has 0 spiro atoms. The summed E-state index contributed by atoms with van der Waals surface area (Å²) in [4.78, 5) is 0. The van der Waals surface area contributed by atoms with Crippen molar-refractivity contribution in [1.82, 2.24) is 5.32 Å². The molecule has 1 nitrogen and oxygen atoms in total. The molecular formula is C15H23NS. The van der Waals surface area contributed by atoms with Gasteiger partial charge in [0.2, 0.25) is 0 Å². The molecule has 0 aliphatic carbocycles. The predicted octanol–water partition coefficient (Wildman–Crippen LogP) is 3.88. The Kier molecular flexibility index (Phi) is 3.84. The minimum absolute atomic E-state index is 0.246. The molecule has 1 aromatic rings. The van der Waals surface area contributed by atoms with Crippen LogP contribution in [0, 0.1) is 0 Å².